The molecule has 0 aromatic heterocycles. The lowest BCUT2D eigenvalue weighted by Gasteiger charge is -2.15. The van der Waals surface area contributed by atoms with Crippen molar-refractivity contribution >= 4 is 21.6 Å². The van der Waals surface area contributed by atoms with Crippen LogP contribution in [0, 0.1) is 6.92 Å². The van der Waals surface area contributed by atoms with E-state index in [4.69, 9.17) is 9.47 Å². The van der Waals surface area contributed by atoms with Crippen molar-refractivity contribution in [1.29, 1.82) is 0 Å². The molecule has 0 amide bonds. The van der Waals surface area contributed by atoms with Gasteiger partial charge in [0.05, 0.1) is 19.9 Å². The van der Waals surface area contributed by atoms with Gasteiger partial charge in [0.1, 0.15) is 17.2 Å². The van der Waals surface area contributed by atoms with E-state index in [1.807, 2.05) is 25.1 Å². The average Bonchev–Trinajstić information content (AvgIpc) is 2.47. The van der Waals surface area contributed by atoms with Gasteiger partial charge in [0.25, 0.3) is 0 Å². The van der Waals surface area contributed by atoms with Crippen LogP contribution < -0.4 is 14.8 Å². The molecule has 0 bridgehead atoms. The fraction of sp³-hybridized carbons (Fsp3) is 0.250. The molecule has 112 valence electrons. The number of methoxy groups -OCH3 is 2. The van der Waals surface area contributed by atoms with Gasteiger partial charge in [0.2, 0.25) is 0 Å². The fourth-order valence-corrected chi connectivity index (χ4v) is 2.67. The number of aromatic hydroxyl groups is 1. The molecule has 0 atom stereocenters. The predicted octanol–water partition coefficient (Wildman–Crippen LogP) is 4.09. The maximum atomic E-state index is 9.91. The Morgan fingerprint density at radius 1 is 1.14 bits per heavy atom. The predicted molar refractivity (Wildman–Crippen MR) is 87.4 cm³/mol. The minimum atomic E-state index is 0.233. The summed E-state index contributed by atoms with van der Waals surface area (Å²) in [5.74, 6) is 1.70. The van der Waals surface area contributed by atoms with E-state index in [9.17, 15) is 5.11 Å². The summed E-state index contributed by atoms with van der Waals surface area (Å²) in [5, 5.41) is 13.2. The van der Waals surface area contributed by atoms with Crippen LogP contribution in [0.15, 0.2) is 34.8 Å². The minimum absolute atomic E-state index is 0.233. The summed E-state index contributed by atoms with van der Waals surface area (Å²) in [4.78, 5) is 0. The molecule has 2 N–H and O–H groups in total. The molecule has 21 heavy (non-hydrogen) atoms. The first-order chi connectivity index (χ1) is 10.0. The number of hydrogen-bond acceptors (Lipinski definition) is 4. The number of benzene rings is 2. The number of phenolic OH excluding ortho intramolecular Hbond substituents is 1. The molecule has 0 aliphatic carbocycles. The Kier molecular flexibility index (Phi) is 4.96. The maximum absolute atomic E-state index is 9.91. The third kappa shape index (κ3) is 3.61. The van der Waals surface area contributed by atoms with Gasteiger partial charge in [-0.05, 0) is 42.8 Å². The molecule has 0 fully saturated rings. The number of halogens is 1. The largest absolute Gasteiger partial charge is 0.508 e. The first-order valence-corrected chi connectivity index (χ1v) is 7.28. The Morgan fingerprint density at radius 3 is 2.57 bits per heavy atom. The first kappa shape index (κ1) is 15.5. The van der Waals surface area contributed by atoms with Crippen molar-refractivity contribution in [3.63, 3.8) is 0 Å². The zero-order valence-corrected chi connectivity index (χ0v) is 13.8. The van der Waals surface area contributed by atoms with E-state index in [0.29, 0.717) is 12.3 Å². The lowest BCUT2D eigenvalue weighted by Crippen LogP contribution is -2.04. The number of phenols is 1. The summed E-state index contributed by atoms with van der Waals surface area (Å²) < 4.78 is 11.5. The van der Waals surface area contributed by atoms with Crippen LogP contribution in [0.1, 0.15) is 11.1 Å². The first-order valence-electron chi connectivity index (χ1n) is 6.49. The minimum Gasteiger partial charge on any atom is -0.508 e. The number of hydrogen-bond donors (Lipinski definition) is 2. The molecule has 2 rings (SSSR count). The van der Waals surface area contributed by atoms with Crippen molar-refractivity contribution in [2.45, 2.75) is 13.5 Å². The van der Waals surface area contributed by atoms with Crippen LogP contribution in [0.3, 0.4) is 0 Å². The van der Waals surface area contributed by atoms with E-state index in [1.165, 1.54) is 0 Å². The van der Waals surface area contributed by atoms with Crippen molar-refractivity contribution in [3.05, 3.63) is 45.9 Å². The lowest BCUT2D eigenvalue weighted by molar-refractivity contribution is 0.410. The van der Waals surface area contributed by atoms with E-state index in [-0.39, 0.29) is 5.75 Å². The second-order valence-electron chi connectivity index (χ2n) is 4.65. The van der Waals surface area contributed by atoms with Crippen LogP contribution >= 0.6 is 15.9 Å². The van der Waals surface area contributed by atoms with Gasteiger partial charge in [-0.2, -0.15) is 0 Å². The summed E-state index contributed by atoms with van der Waals surface area (Å²) in [5.41, 5.74) is 2.73. The molecule has 0 heterocycles. The van der Waals surface area contributed by atoms with Gasteiger partial charge < -0.3 is 19.9 Å². The average molecular weight is 352 g/mol. The lowest BCUT2D eigenvalue weighted by atomic mass is 10.1. The van der Waals surface area contributed by atoms with Gasteiger partial charge in [-0.1, -0.05) is 15.9 Å². The molecule has 2 aromatic rings. The highest BCUT2D eigenvalue weighted by atomic mass is 79.9. The number of anilines is 1. The van der Waals surface area contributed by atoms with E-state index in [0.717, 1.165) is 27.0 Å². The molecule has 0 radical (unpaired) electrons. The molecule has 5 heteroatoms. The molecule has 0 saturated carbocycles. The summed E-state index contributed by atoms with van der Waals surface area (Å²) in [6.07, 6.45) is 0. The third-order valence-electron chi connectivity index (χ3n) is 3.23. The fourth-order valence-electron chi connectivity index (χ4n) is 2.11. The van der Waals surface area contributed by atoms with E-state index >= 15 is 0 Å². The third-order valence-corrected chi connectivity index (χ3v) is 3.68. The molecule has 2 aromatic carbocycles. The van der Waals surface area contributed by atoms with Crippen molar-refractivity contribution < 1.29 is 14.6 Å². The number of rotatable bonds is 5. The van der Waals surface area contributed by atoms with Gasteiger partial charge in [-0.15, -0.1) is 0 Å². The highest BCUT2D eigenvalue weighted by molar-refractivity contribution is 9.10. The Labute approximate surface area is 132 Å². The zero-order valence-electron chi connectivity index (χ0n) is 12.2. The van der Waals surface area contributed by atoms with E-state index in [2.05, 4.69) is 21.2 Å². The van der Waals surface area contributed by atoms with Crippen LogP contribution in [0.25, 0.3) is 0 Å². The van der Waals surface area contributed by atoms with Crippen LogP contribution in [0.5, 0.6) is 17.2 Å². The SMILES string of the molecule is COc1ccc(O)c(CNc2c(C)cc(Br)cc2OC)c1. The summed E-state index contributed by atoms with van der Waals surface area (Å²) in [7, 11) is 3.24. The molecule has 0 aliphatic rings. The number of ether oxygens (including phenoxy) is 2. The molecule has 4 nitrogen and oxygen atoms in total. The van der Waals surface area contributed by atoms with Gasteiger partial charge in [0.15, 0.2) is 0 Å². The molecular formula is C16H18BrNO3. The highest BCUT2D eigenvalue weighted by Crippen LogP contribution is 2.33. The second-order valence-corrected chi connectivity index (χ2v) is 5.56. The normalized spacial score (nSPS) is 10.3. The topological polar surface area (TPSA) is 50.7 Å². The van der Waals surface area contributed by atoms with Gasteiger partial charge in [0, 0.05) is 16.6 Å². The molecular weight excluding hydrogens is 334 g/mol. The van der Waals surface area contributed by atoms with Crippen molar-refractivity contribution in [2.75, 3.05) is 19.5 Å². The van der Waals surface area contributed by atoms with Crippen LogP contribution in [0.4, 0.5) is 5.69 Å². The van der Waals surface area contributed by atoms with Gasteiger partial charge >= 0.3 is 0 Å². The molecule has 0 aliphatic heterocycles. The van der Waals surface area contributed by atoms with Crippen LogP contribution in [-0.2, 0) is 6.54 Å². The van der Waals surface area contributed by atoms with Gasteiger partial charge in [-0.3, -0.25) is 0 Å². The number of aryl methyl sites for hydroxylation is 1. The van der Waals surface area contributed by atoms with Crippen molar-refractivity contribution in [2.24, 2.45) is 0 Å². The zero-order chi connectivity index (χ0) is 15.4. The smallest absolute Gasteiger partial charge is 0.143 e. The quantitative estimate of drug-likeness (QED) is 0.851. The van der Waals surface area contributed by atoms with Crippen LogP contribution in [-0.4, -0.2) is 19.3 Å². The maximum Gasteiger partial charge on any atom is 0.143 e. The molecule has 0 spiro atoms. The Balaban J connectivity index is 2.24. The summed E-state index contributed by atoms with van der Waals surface area (Å²) in [6, 6.07) is 9.08. The van der Waals surface area contributed by atoms with Crippen molar-refractivity contribution in [1.82, 2.24) is 0 Å². The van der Waals surface area contributed by atoms with Gasteiger partial charge in [-0.25, -0.2) is 0 Å². The summed E-state index contributed by atoms with van der Waals surface area (Å²) in [6.45, 7) is 2.48. The van der Waals surface area contributed by atoms with Crippen molar-refractivity contribution in [3.8, 4) is 17.2 Å². The second kappa shape index (κ2) is 6.72. The Morgan fingerprint density at radius 2 is 1.90 bits per heavy atom. The standard InChI is InChI=1S/C16H18BrNO3/c1-10-6-12(17)8-15(21-3)16(10)18-9-11-7-13(20-2)4-5-14(11)19/h4-8,18-19H,9H2,1-3H3. The van der Waals surface area contributed by atoms with Crippen LogP contribution in [0.2, 0.25) is 0 Å². The Bertz CT molecular complexity index is 644. The molecule has 0 unspecified atom stereocenters. The summed E-state index contributed by atoms with van der Waals surface area (Å²) >= 11 is 3.45. The molecule has 0 saturated heterocycles. The number of nitrogens with one attached hydrogen (secondary N) is 1. The van der Waals surface area contributed by atoms with E-state index in [1.54, 1.807) is 26.4 Å². The van der Waals surface area contributed by atoms with E-state index < -0.39 is 0 Å². The highest BCUT2D eigenvalue weighted by Gasteiger charge is 2.10. The Hall–Kier alpha value is -1.88. The monoisotopic (exact) mass is 351 g/mol.